The Morgan fingerprint density at radius 1 is 0.848 bits per heavy atom. The van der Waals surface area contributed by atoms with Crippen molar-refractivity contribution in [1.29, 1.82) is 0 Å². The summed E-state index contributed by atoms with van der Waals surface area (Å²) in [6.45, 7) is 4.07. The molecule has 1 amide bonds. The van der Waals surface area contributed by atoms with E-state index in [-0.39, 0.29) is 22.9 Å². The normalized spacial score (nSPS) is 10.8. The number of amides is 1. The van der Waals surface area contributed by atoms with Crippen molar-refractivity contribution in [3.8, 4) is 5.75 Å². The van der Waals surface area contributed by atoms with Crippen molar-refractivity contribution in [2.24, 2.45) is 0 Å². The van der Waals surface area contributed by atoms with E-state index in [1.54, 1.807) is 44.2 Å². The number of anilines is 2. The van der Waals surface area contributed by atoms with Crippen molar-refractivity contribution in [1.82, 2.24) is 0 Å². The number of sulfonamides is 1. The molecule has 172 valence electrons. The topological polar surface area (TPSA) is 111 Å². The zero-order valence-electron chi connectivity index (χ0n) is 18.2. The molecule has 0 unspecified atom stereocenters. The highest BCUT2D eigenvalue weighted by molar-refractivity contribution is 7.92. The summed E-state index contributed by atoms with van der Waals surface area (Å²) in [7, 11) is -3.98. The summed E-state index contributed by atoms with van der Waals surface area (Å²) in [5.74, 6) is -0.537. The summed E-state index contributed by atoms with van der Waals surface area (Å²) in [6, 6.07) is 18.6. The number of rotatable bonds is 9. The Hall–Kier alpha value is -3.85. The minimum atomic E-state index is -3.98. The summed E-state index contributed by atoms with van der Waals surface area (Å²) in [6.07, 6.45) is 0. The SMILES string of the molecule is CCOC(=O)c1ccc(NS(=O)(=O)c2ccc(OCC)c(NC(=O)c3ccccc3)c2)cc1. The van der Waals surface area contributed by atoms with Crippen LogP contribution in [0.25, 0.3) is 0 Å². The highest BCUT2D eigenvalue weighted by atomic mass is 32.2. The van der Waals surface area contributed by atoms with Gasteiger partial charge in [0.25, 0.3) is 15.9 Å². The lowest BCUT2D eigenvalue weighted by Crippen LogP contribution is -2.16. The largest absolute Gasteiger partial charge is 0.492 e. The summed E-state index contributed by atoms with van der Waals surface area (Å²) in [5.41, 5.74) is 1.23. The van der Waals surface area contributed by atoms with Crippen LogP contribution in [0.1, 0.15) is 34.6 Å². The molecule has 2 N–H and O–H groups in total. The third-order valence-corrected chi connectivity index (χ3v) is 5.87. The molecule has 0 heterocycles. The van der Waals surface area contributed by atoms with Gasteiger partial charge in [0.1, 0.15) is 5.75 Å². The molecule has 0 spiro atoms. The summed E-state index contributed by atoms with van der Waals surface area (Å²) in [4.78, 5) is 24.3. The Kier molecular flexibility index (Phi) is 7.68. The van der Waals surface area contributed by atoms with Gasteiger partial charge >= 0.3 is 5.97 Å². The van der Waals surface area contributed by atoms with Crippen molar-refractivity contribution >= 4 is 33.3 Å². The van der Waals surface area contributed by atoms with Gasteiger partial charge in [-0.15, -0.1) is 0 Å². The third-order valence-electron chi connectivity index (χ3n) is 4.49. The van der Waals surface area contributed by atoms with E-state index < -0.39 is 21.9 Å². The van der Waals surface area contributed by atoms with E-state index in [9.17, 15) is 18.0 Å². The molecule has 3 aromatic rings. The number of hydrogen-bond acceptors (Lipinski definition) is 6. The molecule has 0 atom stereocenters. The van der Waals surface area contributed by atoms with Gasteiger partial charge in [0.2, 0.25) is 0 Å². The fraction of sp³-hybridized carbons (Fsp3) is 0.167. The van der Waals surface area contributed by atoms with Gasteiger partial charge in [0, 0.05) is 11.3 Å². The van der Waals surface area contributed by atoms with Crippen molar-refractivity contribution in [3.63, 3.8) is 0 Å². The number of ether oxygens (including phenoxy) is 2. The minimum Gasteiger partial charge on any atom is -0.492 e. The average Bonchev–Trinajstić information content (AvgIpc) is 2.81. The molecule has 0 aromatic heterocycles. The van der Waals surface area contributed by atoms with Crippen molar-refractivity contribution in [2.75, 3.05) is 23.3 Å². The highest BCUT2D eigenvalue weighted by Crippen LogP contribution is 2.29. The van der Waals surface area contributed by atoms with E-state index in [4.69, 9.17) is 9.47 Å². The molecule has 33 heavy (non-hydrogen) atoms. The lowest BCUT2D eigenvalue weighted by Gasteiger charge is -2.14. The molecular weight excluding hydrogens is 444 g/mol. The van der Waals surface area contributed by atoms with Gasteiger partial charge in [0.05, 0.1) is 29.4 Å². The van der Waals surface area contributed by atoms with Gasteiger partial charge in [-0.05, 0) is 68.4 Å². The molecule has 0 fully saturated rings. The van der Waals surface area contributed by atoms with Crippen molar-refractivity contribution in [2.45, 2.75) is 18.7 Å². The maximum absolute atomic E-state index is 12.9. The van der Waals surface area contributed by atoms with Crippen molar-refractivity contribution in [3.05, 3.63) is 83.9 Å². The van der Waals surface area contributed by atoms with Crippen LogP contribution >= 0.6 is 0 Å². The van der Waals surface area contributed by atoms with E-state index in [0.717, 1.165) is 0 Å². The fourth-order valence-corrected chi connectivity index (χ4v) is 4.03. The Balaban J connectivity index is 1.84. The number of nitrogens with one attached hydrogen (secondary N) is 2. The van der Waals surface area contributed by atoms with Crippen LogP contribution in [0.2, 0.25) is 0 Å². The molecule has 8 nitrogen and oxygen atoms in total. The number of hydrogen-bond donors (Lipinski definition) is 2. The number of carbonyl (C=O) groups is 2. The van der Waals surface area contributed by atoms with Crippen LogP contribution in [0, 0.1) is 0 Å². The van der Waals surface area contributed by atoms with Crippen LogP contribution in [0.4, 0.5) is 11.4 Å². The van der Waals surface area contributed by atoms with Crippen LogP contribution in [-0.2, 0) is 14.8 Å². The van der Waals surface area contributed by atoms with E-state index in [1.165, 1.54) is 42.5 Å². The summed E-state index contributed by atoms with van der Waals surface area (Å²) in [5, 5.41) is 2.71. The van der Waals surface area contributed by atoms with Crippen LogP contribution < -0.4 is 14.8 Å². The number of benzene rings is 3. The Morgan fingerprint density at radius 3 is 2.18 bits per heavy atom. The summed E-state index contributed by atoms with van der Waals surface area (Å²) < 4.78 is 38.8. The predicted molar refractivity (Wildman–Crippen MR) is 125 cm³/mol. The van der Waals surface area contributed by atoms with E-state index in [1.807, 2.05) is 0 Å². The monoisotopic (exact) mass is 468 g/mol. The first-order valence-electron chi connectivity index (χ1n) is 10.3. The van der Waals surface area contributed by atoms with Crippen molar-refractivity contribution < 1.29 is 27.5 Å². The Labute approximate surface area is 192 Å². The molecule has 0 radical (unpaired) electrons. The molecule has 3 rings (SSSR count). The van der Waals surface area contributed by atoms with Gasteiger partial charge in [-0.2, -0.15) is 0 Å². The minimum absolute atomic E-state index is 0.0659. The van der Waals surface area contributed by atoms with Crippen LogP contribution in [0.5, 0.6) is 5.75 Å². The van der Waals surface area contributed by atoms with Gasteiger partial charge < -0.3 is 14.8 Å². The maximum atomic E-state index is 12.9. The second kappa shape index (κ2) is 10.6. The smallest absolute Gasteiger partial charge is 0.338 e. The predicted octanol–water partition coefficient (Wildman–Crippen LogP) is 4.32. The lowest BCUT2D eigenvalue weighted by atomic mass is 10.2. The lowest BCUT2D eigenvalue weighted by molar-refractivity contribution is 0.0526. The maximum Gasteiger partial charge on any atom is 0.338 e. The molecule has 0 aliphatic heterocycles. The number of carbonyl (C=O) groups excluding carboxylic acids is 2. The molecule has 0 aliphatic carbocycles. The second-order valence-corrected chi connectivity index (χ2v) is 8.50. The molecule has 3 aromatic carbocycles. The van der Waals surface area contributed by atoms with Gasteiger partial charge in [-0.25, -0.2) is 13.2 Å². The molecule has 0 saturated heterocycles. The van der Waals surface area contributed by atoms with Crippen LogP contribution in [-0.4, -0.2) is 33.5 Å². The summed E-state index contributed by atoms with van der Waals surface area (Å²) >= 11 is 0. The molecule has 0 bridgehead atoms. The zero-order chi connectivity index (χ0) is 23.8. The molecule has 9 heteroatoms. The third kappa shape index (κ3) is 6.11. The van der Waals surface area contributed by atoms with E-state index in [0.29, 0.717) is 23.5 Å². The average molecular weight is 469 g/mol. The van der Waals surface area contributed by atoms with E-state index in [2.05, 4.69) is 10.0 Å². The zero-order valence-corrected chi connectivity index (χ0v) is 19.0. The quantitative estimate of drug-likeness (QED) is 0.453. The standard InChI is InChI=1S/C24H24N2O6S/c1-3-31-22-15-14-20(16-21(22)25-23(27)17-8-6-5-7-9-17)33(29,30)26-19-12-10-18(11-13-19)24(28)32-4-2/h5-16,26H,3-4H2,1-2H3,(H,25,27). The van der Waals surface area contributed by atoms with Crippen LogP contribution in [0.3, 0.4) is 0 Å². The first-order chi connectivity index (χ1) is 15.8. The fourth-order valence-electron chi connectivity index (χ4n) is 2.94. The Morgan fingerprint density at radius 2 is 1.55 bits per heavy atom. The first-order valence-corrected chi connectivity index (χ1v) is 11.8. The highest BCUT2D eigenvalue weighted by Gasteiger charge is 2.19. The molecule has 0 aliphatic rings. The Bertz CT molecular complexity index is 1230. The van der Waals surface area contributed by atoms with Gasteiger partial charge in [0.15, 0.2) is 0 Å². The number of esters is 1. The van der Waals surface area contributed by atoms with Gasteiger partial charge in [-0.3, -0.25) is 9.52 Å². The van der Waals surface area contributed by atoms with Gasteiger partial charge in [-0.1, -0.05) is 18.2 Å². The van der Waals surface area contributed by atoms with E-state index >= 15 is 0 Å². The second-order valence-electron chi connectivity index (χ2n) is 6.81. The molecular formula is C24H24N2O6S. The van der Waals surface area contributed by atoms with Crippen LogP contribution in [0.15, 0.2) is 77.7 Å². The first kappa shape index (κ1) is 23.8. The molecule has 0 saturated carbocycles.